The van der Waals surface area contributed by atoms with E-state index in [1.54, 1.807) is 54.4 Å². The van der Waals surface area contributed by atoms with Gasteiger partial charge in [0.25, 0.3) is 5.91 Å². The third-order valence-electron chi connectivity index (χ3n) is 4.93. The monoisotopic (exact) mass is 331 g/mol. The topological polar surface area (TPSA) is 60.8 Å². The Kier molecular flexibility index (Phi) is 3.29. The molecule has 124 valence electrons. The zero-order valence-electron chi connectivity index (χ0n) is 13.7. The highest BCUT2D eigenvalue weighted by molar-refractivity contribution is 6.01. The summed E-state index contributed by atoms with van der Waals surface area (Å²) < 4.78 is 0. The molecule has 2 N–H and O–H groups in total. The number of para-hydroxylation sites is 1. The van der Waals surface area contributed by atoms with Crippen LogP contribution in [0.4, 0.5) is 0 Å². The van der Waals surface area contributed by atoms with Crippen molar-refractivity contribution in [2.24, 2.45) is 0 Å². The van der Waals surface area contributed by atoms with E-state index in [2.05, 4.69) is 0 Å². The average Bonchev–Trinajstić information content (AvgIpc) is 2.86. The molecule has 25 heavy (non-hydrogen) atoms. The molecule has 1 atom stereocenters. The molecular formula is C21H17NO3. The number of phenols is 2. The van der Waals surface area contributed by atoms with Crippen molar-refractivity contribution < 1.29 is 15.0 Å². The van der Waals surface area contributed by atoms with Gasteiger partial charge < -0.3 is 15.1 Å². The Hall–Kier alpha value is -3.27. The van der Waals surface area contributed by atoms with E-state index in [1.807, 2.05) is 30.3 Å². The summed E-state index contributed by atoms with van der Waals surface area (Å²) in [4.78, 5) is 14.6. The van der Waals surface area contributed by atoms with E-state index in [0.29, 0.717) is 11.1 Å². The second-order valence-corrected chi connectivity index (χ2v) is 6.18. The Morgan fingerprint density at radius 1 is 0.800 bits per heavy atom. The zero-order valence-corrected chi connectivity index (χ0v) is 13.7. The quantitative estimate of drug-likeness (QED) is 0.756. The van der Waals surface area contributed by atoms with Crippen LogP contribution in [0.25, 0.3) is 0 Å². The Labute approximate surface area is 145 Å². The molecule has 0 saturated heterocycles. The summed E-state index contributed by atoms with van der Waals surface area (Å²) in [6.45, 7) is 0. The molecule has 3 aromatic carbocycles. The molecule has 0 radical (unpaired) electrons. The van der Waals surface area contributed by atoms with Gasteiger partial charge in [0.2, 0.25) is 0 Å². The molecule has 1 heterocycles. The van der Waals surface area contributed by atoms with E-state index in [1.165, 1.54) is 0 Å². The zero-order chi connectivity index (χ0) is 17.6. The van der Waals surface area contributed by atoms with Gasteiger partial charge in [0.1, 0.15) is 17.0 Å². The van der Waals surface area contributed by atoms with Gasteiger partial charge in [0, 0.05) is 18.2 Å². The highest BCUT2D eigenvalue weighted by Crippen LogP contribution is 2.50. The normalized spacial score (nSPS) is 19.1. The lowest BCUT2D eigenvalue weighted by atomic mass is 9.76. The summed E-state index contributed by atoms with van der Waals surface area (Å²) in [6, 6.07) is 21.2. The van der Waals surface area contributed by atoms with Crippen LogP contribution < -0.4 is 0 Å². The van der Waals surface area contributed by atoms with Crippen LogP contribution in [-0.4, -0.2) is 28.1 Å². The number of rotatable bonds is 2. The maximum Gasteiger partial charge on any atom is 0.255 e. The number of carbonyl (C=O) groups excluding carboxylic acids is 1. The predicted octanol–water partition coefficient (Wildman–Crippen LogP) is 3.48. The lowest BCUT2D eigenvalue weighted by Gasteiger charge is -2.38. The van der Waals surface area contributed by atoms with Crippen molar-refractivity contribution in [2.45, 2.75) is 5.54 Å². The number of nitrogens with zero attached hydrogens (tertiary/aromatic N) is 1. The van der Waals surface area contributed by atoms with Gasteiger partial charge in [-0.05, 0) is 35.4 Å². The van der Waals surface area contributed by atoms with Crippen LogP contribution in [0.5, 0.6) is 11.5 Å². The lowest BCUT2D eigenvalue weighted by molar-refractivity contribution is 0.0734. The molecule has 1 unspecified atom stereocenters. The fourth-order valence-corrected chi connectivity index (χ4v) is 3.81. The molecular weight excluding hydrogens is 314 g/mol. The van der Waals surface area contributed by atoms with Crippen molar-refractivity contribution in [1.29, 1.82) is 0 Å². The summed E-state index contributed by atoms with van der Waals surface area (Å²) in [5, 5.41) is 20.3. The predicted molar refractivity (Wildman–Crippen MR) is 94.6 cm³/mol. The van der Waals surface area contributed by atoms with Crippen molar-refractivity contribution >= 4 is 5.91 Å². The summed E-state index contributed by atoms with van der Waals surface area (Å²) in [7, 11) is 1.74. The summed E-state index contributed by atoms with van der Waals surface area (Å²) >= 11 is 0. The van der Waals surface area contributed by atoms with E-state index in [-0.39, 0.29) is 17.4 Å². The fourth-order valence-electron chi connectivity index (χ4n) is 3.81. The van der Waals surface area contributed by atoms with Crippen molar-refractivity contribution in [1.82, 2.24) is 4.90 Å². The molecule has 0 aliphatic carbocycles. The van der Waals surface area contributed by atoms with E-state index >= 15 is 0 Å². The molecule has 0 fully saturated rings. The minimum atomic E-state index is -0.952. The first-order chi connectivity index (χ1) is 12.1. The molecule has 4 nitrogen and oxygen atoms in total. The number of benzene rings is 3. The molecule has 0 spiro atoms. The second-order valence-electron chi connectivity index (χ2n) is 6.18. The van der Waals surface area contributed by atoms with E-state index in [9.17, 15) is 15.0 Å². The van der Waals surface area contributed by atoms with Crippen LogP contribution in [0.1, 0.15) is 27.0 Å². The van der Waals surface area contributed by atoms with Crippen LogP contribution in [0.3, 0.4) is 0 Å². The van der Waals surface area contributed by atoms with Crippen molar-refractivity contribution in [2.75, 3.05) is 7.05 Å². The van der Waals surface area contributed by atoms with E-state index in [4.69, 9.17) is 0 Å². The van der Waals surface area contributed by atoms with Crippen LogP contribution in [-0.2, 0) is 5.54 Å². The number of carbonyl (C=O) groups is 1. The second kappa shape index (κ2) is 5.38. The van der Waals surface area contributed by atoms with Gasteiger partial charge in [-0.3, -0.25) is 4.79 Å². The van der Waals surface area contributed by atoms with Gasteiger partial charge in [0.05, 0.1) is 0 Å². The smallest absolute Gasteiger partial charge is 0.255 e. The van der Waals surface area contributed by atoms with Crippen LogP contribution in [0, 0.1) is 0 Å². The van der Waals surface area contributed by atoms with Crippen molar-refractivity contribution in [3.05, 3.63) is 95.1 Å². The van der Waals surface area contributed by atoms with Gasteiger partial charge in [-0.1, -0.05) is 48.5 Å². The van der Waals surface area contributed by atoms with Gasteiger partial charge in [0.15, 0.2) is 0 Å². The minimum Gasteiger partial charge on any atom is -0.508 e. The number of hydrogen-bond donors (Lipinski definition) is 2. The van der Waals surface area contributed by atoms with Crippen LogP contribution in [0.2, 0.25) is 0 Å². The van der Waals surface area contributed by atoms with Crippen molar-refractivity contribution in [3.63, 3.8) is 0 Å². The minimum absolute atomic E-state index is 0.105. The maximum absolute atomic E-state index is 12.9. The first-order valence-electron chi connectivity index (χ1n) is 8.02. The highest BCUT2D eigenvalue weighted by atomic mass is 16.3. The number of amides is 1. The lowest BCUT2D eigenvalue weighted by Crippen LogP contribution is -2.43. The molecule has 0 bridgehead atoms. The summed E-state index contributed by atoms with van der Waals surface area (Å²) in [5.41, 5.74) is 1.90. The molecule has 0 aromatic heterocycles. The first kappa shape index (κ1) is 15.3. The summed E-state index contributed by atoms with van der Waals surface area (Å²) in [6.07, 6.45) is 0. The molecule has 1 amide bonds. The Morgan fingerprint density at radius 3 is 2.08 bits per heavy atom. The Morgan fingerprint density at radius 2 is 1.40 bits per heavy atom. The number of fused-ring (bicyclic) bond motifs is 1. The number of aromatic hydroxyl groups is 2. The maximum atomic E-state index is 12.9. The molecule has 4 heteroatoms. The third kappa shape index (κ3) is 1.97. The SMILES string of the molecule is CN1C(=O)c2ccccc2C1(c1ccc(O)cc1)c1ccccc1O. The third-order valence-corrected chi connectivity index (χ3v) is 4.93. The van der Waals surface area contributed by atoms with Gasteiger partial charge in [-0.2, -0.15) is 0 Å². The van der Waals surface area contributed by atoms with E-state index in [0.717, 1.165) is 11.1 Å². The Bertz CT molecular complexity index is 965. The van der Waals surface area contributed by atoms with Gasteiger partial charge in [-0.25, -0.2) is 0 Å². The molecule has 1 aliphatic rings. The first-order valence-corrected chi connectivity index (χ1v) is 8.02. The summed E-state index contributed by atoms with van der Waals surface area (Å²) in [5.74, 6) is 0.162. The number of phenolic OH excluding ortho intramolecular Hbond substituents is 2. The van der Waals surface area contributed by atoms with Crippen LogP contribution in [0.15, 0.2) is 72.8 Å². The largest absolute Gasteiger partial charge is 0.508 e. The molecule has 1 aliphatic heterocycles. The van der Waals surface area contributed by atoms with Gasteiger partial charge in [-0.15, -0.1) is 0 Å². The Balaban J connectivity index is 2.13. The number of hydrogen-bond acceptors (Lipinski definition) is 3. The van der Waals surface area contributed by atoms with Crippen molar-refractivity contribution in [3.8, 4) is 11.5 Å². The standard InChI is InChI=1S/C21H17NO3/c1-22-20(25)16-6-2-3-7-17(16)21(22,14-10-12-15(23)13-11-14)18-8-4-5-9-19(18)24/h2-13,23-24H,1H3. The molecule has 4 rings (SSSR count). The average molecular weight is 331 g/mol. The van der Waals surface area contributed by atoms with E-state index < -0.39 is 5.54 Å². The molecule has 0 saturated carbocycles. The highest BCUT2D eigenvalue weighted by Gasteiger charge is 2.51. The fraction of sp³-hybridized carbons (Fsp3) is 0.0952. The molecule has 3 aromatic rings. The van der Waals surface area contributed by atoms with Crippen LogP contribution >= 0.6 is 0 Å². The van der Waals surface area contributed by atoms with Gasteiger partial charge >= 0.3 is 0 Å².